The van der Waals surface area contributed by atoms with Gasteiger partial charge in [0.2, 0.25) is 0 Å². The van der Waals surface area contributed by atoms with E-state index in [9.17, 15) is 9.59 Å². The molecule has 22 heavy (non-hydrogen) atoms. The smallest absolute Gasteiger partial charge is 0.310 e. The summed E-state index contributed by atoms with van der Waals surface area (Å²) in [6.45, 7) is 5.31. The first-order valence-electron chi connectivity index (χ1n) is 7.67. The number of amides is 1. The van der Waals surface area contributed by atoms with E-state index in [4.69, 9.17) is 4.74 Å². The first kappa shape index (κ1) is 16.9. The van der Waals surface area contributed by atoms with Gasteiger partial charge in [-0.3, -0.25) is 9.59 Å². The summed E-state index contributed by atoms with van der Waals surface area (Å²) >= 11 is 1.62. The molecule has 0 bridgehead atoms. The fourth-order valence-electron chi connectivity index (χ4n) is 2.74. The average molecular weight is 321 g/mol. The van der Waals surface area contributed by atoms with Crippen molar-refractivity contribution in [3.63, 3.8) is 0 Å². The zero-order valence-corrected chi connectivity index (χ0v) is 14.2. The highest BCUT2D eigenvalue weighted by Gasteiger charge is 2.30. The summed E-state index contributed by atoms with van der Waals surface area (Å²) in [4.78, 5) is 27.6. The molecule has 4 nitrogen and oxygen atoms in total. The summed E-state index contributed by atoms with van der Waals surface area (Å²) in [5.41, 5.74) is 1.71. The van der Waals surface area contributed by atoms with Crippen LogP contribution in [0.2, 0.25) is 0 Å². The molecule has 1 amide bonds. The number of carbonyl (C=O) groups is 2. The molecular weight excluding hydrogens is 298 g/mol. The van der Waals surface area contributed by atoms with Crippen molar-refractivity contribution in [1.29, 1.82) is 0 Å². The zero-order valence-electron chi connectivity index (χ0n) is 13.4. The molecule has 1 aromatic rings. The van der Waals surface area contributed by atoms with Crippen molar-refractivity contribution in [3.8, 4) is 0 Å². The van der Waals surface area contributed by atoms with Gasteiger partial charge in [0.05, 0.1) is 12.5 Å². The topological polar surface area (TPSA) is 46.6 Å². The fraction of sp³-hybridized carbons (Fsp3) is 0.529. The van der Waals surface area contributed by atoms with E-state index in [1.165, 1.54) is 0 Å². The quantitative estimate of drug-likeness (QED) is 0.631. The molecule has 120 valence electrons. The molecule has 0 saturated carbocycles. The minimum absolute atomic E-state index is 0.0161. The largest absolute Gasteiger partial charge is 0.466 e. The maximum atomic E-state index is 12.8. The van der Waals surface area contributed by atoms with Crippen molar-refractivity contribution >= 4 is 23.6 Å². The van der Waals surface area contributed by atoms with Crippen LogP contribution in [-0.4, -0.2) is 42.7 Å². The van der Waals surface area contributed by atoms with E-state index in [-0.39, 0.29) is 17.8 Å². The number of likely N-dealkylation sites (tertiary alicyclic amines) is 1. The van der Waals surface area contributed by atoms with Gasteiger partial charge in [-0.05, 0) is 50.6 Å². The SMILES string of the molecule is CCOC(=O)C1CCCN(C(=O)c2cc(SC)ccc2C)C1. The summed E-state index contributed by atoms with van der Waals surface area (Å²) in [5, 5.41) is 0. The predicted molar refractivity (Wildman–Crippen MR) is 88.2 cm³/mol. The number of aryl methyl sites for hydroxylation is 1. The van der Waals surface area contributed by atoms with Crippen LogP contribution in [0.15, 0.2) is 23.1 Å². The maximum Gasteiger partial charge on any atom is 0.310 e. The molecule has 1 aromatic carbocycles. The molecule has 5 heteroatoms. The Kier molecular flexibility index (Phi) is 5.89. The van der Waals surface area contributed by atoms with Crippen LogP contribution in [0.5, 0.6) is 0 Å². The lowest BCUT2D eigenvalue weighted by atomic mass is 9.97. The van der Waals surface area contributed by atoms with Crippen molar-refractivity contribution in [2.24, 2.45) is 5.92 Å². The minimum Gasteiger partial charge on any atom is -0.466 e. The van der Waals surface area contributed by atoms with E-state index < -0.39 is 0 Å². The number of hydrogen-bond donors (Lipinski definition) is 0. The van der Waals surface area contributed by atoms with Gasteiger partial charge in [0.25, 0.3) is 5.91 Å². The number of ether oxygens (including phenoxy) is 1. The summed E-state index contributed by atoms with van der Waals surface area (Å²) in [5.74, 6) is -0.362. The molecule has 1 aliphatic rings. The van der Waals surface area contributed by atoms with Crippen molar-refractivity contribution in [2.45, 2.75) is 31.6 Å². The number of thioether (sulfide) groups is 1. The zero-order chi connectivity index (χ0) is 16.1. The van der Waals surface area contributed by atoms with Crippen molar-refractivity contribution in [3.05, 3.63) is 29.3 Å². The normalized spacial score (nSPS) is 18.1. The molecule has 1 heterocycles. The minimum atomic E-state index is -0.193. The third-order valence-corrected chi connectivity index (χ3v) is 4.73. The number of benzene rings is 1. The molecule has 1 unspecified atom stereocenters. The number of nitrogens with zero attached hydrogens (tertiary/aromatic N) is 1. The van der Waals surface area contributed by atoms with Gasteiger partial charge in [-0.2, -0.15) is 0 Å². The lowest BCUT2D eigenvalue weighted by molar-refractivity contribution is -0.149. The molecule has 1 aliphatic heterocycles. The second-order valence-electron chi connectivity index (χ2n) is 5.52. The third-order valence-electron chi connectivity index (χ3n) is 4.00. The second kappa shape index (κ2) is 7.68. The standard InChI is InChI=1S/C17H23NO3S/c1-4-21-17(20)13-6-5-9-18(11-13)16(19)15-10-14(22-3)8-7-12(15)2/h7-8,10,13H,4-6,9,11H2,1-3H3. The van der Waals surface area contributed by atoms with Crippen LogP contribution in [0, 0.1) is 12.8 Å². The van der Waals surface area contributed by atoms with Gasteiger partial charge in [-0.25, -0.2) is 0 Å². The van der Waals surface area contributed by atoms with E-state index in [0.29, 0.717) is 19.7 Å². The average Bonchev–Trinajstić information content (AvgIpc) is 2.55. The van der Waals surface area contributed by atoms with Gasteiger partial charge in [0.1, 0.15) is 0 Å². The Hall–Kier alpha value is -1.49. The lowest BCUT2D eigenvalue weighted by Gasteiger charge is -2.32. The molecule has 1 saturated heterocycles. The number of carbonyl (C=O) groups excluding carboxylic acids is 2. The van der Waals surface area contributed by atoms with Crippen LogP contribution in [0.3, 0.4) is 0 Å². The second-order valence-corrected chi connectivity index (χ2v) is 6.40. The van der Waals surface area contributed by atoms with Crippen molar-refractivity contribution in [2.75, 3.05) is 26.0 Å². The van der Waals surface area contributed by atoms with Crippen LogP contribution < -0.4 is 0 Å². The number of piperidine rings is 1. The molecule has 0 N–H and O–H groups in total. The Morgan fingerprint density at radius 1 is 1.41 bits per heavy atom. The van der Waals surface area contributed by atoms with E-state index in [1.807, 2.05) is 31.4 Å². The van der Waals surface area contributed by atoms with Crippen LogP contribution in [0.25, 0.3) is 0 Å². The Morgan fingerprint density at radius 2 is 2.18 bits per heavy atom. The monoisotopic (exact) mass is 321 g/mol. The molecule has 0 aliphatic carbocycles. The van der Waals surface area contributed by atoms with Gasteiger partial charge in [-0.15, -0.1) is 11.8 Å². The van der Waals surface area contributed by atoms with Gasteiger partial charge in [0, 0.05) is 23.5 Å². The lowest BCUT2D eigenvalue weighted by Crippen LogP contribution is -2.43. The highest BCUT2D eigenvalue weighted by molar-refractivity contribution is 7.98. The van der Waals surface area contributed by atoms with Gasteiger partial charge >= 0.3 is 5.97 Å². The van der Waals surface area contributed by atoms with Gasteiger partial charge in [-0.1, -0.05) is 6.07 Å². The number of esters is 1. The molecule has 1 fully saturated rings. The third kappa shape index (κ3) is 3.83. The van der Waals surface area contributed by atoms with E-state index >= 15 is 0 Å². The van der Waals surface area contributed by atoms with Crippen LogP contribution in [0.1, 0.15) is 35.7 Å². The first-order chi connectivity index (χ1) is 10.6. The number of rotatable bonds is 4. The predicted octanol–water partition coefficient (Wildman–Crippen LogP) is 3.13. The van der Waals surface area contributed by atoms with Crippen LogP contribution in [0.4, 0.5) is 0 Å². The van der Waals surface area contributed by atoms with Crippen molar-refractivity contribution < 1.29 is 14.3 Å². The molecule has 1 atom stereocenters. The molecule has 0 aromatic heterocycles. The Labute approximate surface area is 136 Å². The first-order valence-corrected chi connectivity index (χ1v) is 8.89. The van der Waals surface area contributed by atoms with E-state index in [1.54, 1.807) is 23.6 Å². The molecule has 2 rings (SSSR count). The van der Waals surface area contributed by atoms with E-state index in [0.717, 1.165) is 28.9 Å². The molecule has 0 spiro atoms. The summed E-state index contributed by atoms with van der Waals surface area (Å²) in [6.07, 6.45) is 3.64. The number of hydrogen-bond acceptors (Lipinski definition) is 4. The fourth-order valence-corrected chi connectivity index (χ4v) is 3.18. The highest BCUT2D eigenvalue weighted by Crippen LogP contribution is 2.24. The van der Waals surface area contributed by atoms with Gasteiger partial charge in [0.15, 0.2) is 0 Å². The maximum absolute atomic E-state index is 12.8. The highest BCUT2D eigenvalue weighted by atomic mass is 32.2. The molecular formula is C17H23NO3S. The van der Waals surface area contributed by atoms with Crippen molar-refractivity contribution in [1.82, 2.24) is 4.90 Å². The van der Waals surface area contributed by atoms with Crippen LogP contribution >= 0.6 is 11.8 Å². The molecule has 0 radical (unpaired) electrons. The Bertz CT molecular complexity index is 559. The van der Waals surface area contributed by atoms with E-state index in [2.05, 4.69) is 0 Å². The van der Waals surface area contributed by atoms with Crippen LogP contribution in [-0.2, 0) is 9.53 Å². The Balaban J connectivity index is 2.13. The van der Waals surface area contributed by atoms with Gasteiger partial charge < -0.3 is 9.64 Å². The summed E-state index contributed by atoms with van der Waals surface area (Å²) in [6, 6.07) is 5.94. The summed E-state index contributed by atoms with van der Waals surface area (Å²) < 4.78 is 5.10. The Morgan fingerprint density at radius 3 is 2.86 bits per heavy atom. The summed E-state index contributed by atoms with van der Waals surface area (Å²) in [7, 11) is 0.